The van der Waals surface area contributed by atoms with E-state index in [1.54, 1.807) is 11.7 Å². The van der Waals surface area contributed by atoms with Gasteiger partial charge in [0.1, 0.15) is 5.82 Å². The lowest BCUT2D eigenvalue weighted by Crippen LogP contribution is -2.42. The van der Waals surface area contributed by atoms with Crippen LogP contribution in [0.5, 0.6) is 0 Å². The number of aryl methyl sites for hydroxylation is 2. The molecule has 1 fully saturated rings. The van der Waals surface area contributed by atoms with Crippen molar-refractivity contribution in [3.63, 3.8) is 0 Å². The van der Waals surface area contributed by atoms with Crippen LogP contribution in [0.2, 0.25) is 0 Å². The summed E-state index contributed by atoms with van der Waals surface area (Å²) in [7, 11) is 1.59. The normalized spacial score (nSPS) is 16.9. The van der Waals surface area contributed by atoms with E-state index in [1.807, 2.05) is 49.1 Å². The largest absolute Gasteiger partial charge is 0.341 e. The average molecular weight is 370 g/mol. The number of para-hydroxylation sites is 1. The van der Waals surface area contributed by atoms with Crippen LogP contribution in [-0.4, -0.2) is 59.3 Å². The van der Waals surface area contributed by atoms with Crippen LogP contribution in [0.4, 0.5) is 10.6 Å². The number of carbonyl (C=O) groups excluding carboxylic acids is 2. The Labute approximate surface area is 158 Å². The van der Waals surface area contributed by atoms with Crippen LogP contribution >= 0.6 is 0 Å². The zero-order valence-electron chi connectivity index (χ0n) is 16.0. The first kappa shape index (κ1) is 18.9. The Kier molecular flexibility index (Phi) is 5.75. The molecule has 3 rings (SSSR count). The minimum Gasteiger partial charge on any atom is -0.341 e. The molecule has 1 atom stereocenters. The van der Waals surface area contributed by atoms with Crippen LogP contribution < -0.4 is 16.0 Å². The Morgan fingerprint density at radius 3 is 2.78 bits per heavy atom. The zero-order chi connectivity index (χ0) is 19.4. The molecule has 0 bridgehead atoms. The molecule has 1 aliphatic heterocycles. The van der Waals surface area contributed by atoms with Gasteiger partial charge >= 0.3 is 6.03 Å². The summed E-state index contributed by atoms with van der Waals surface area (Å²) in [6.07, 6.45) is 0.834. The Balaban J connectivity index is 1.62. The Morgan fingerprint density at radius 1 is 1.26 bits per heavy atom. The van der Waals surface area contributed by atoms with Gasteiger partial charge in [0, 0.05) is 32.2 Å². The molecule has 144 valence electrons. The summed E-state index contributed by atoms with van der Waals surface area (Å²) in [6, 6.07) is 9.67. The molecule has 0 aliphatic carbocycles. The Morgan fingerprint density at radius 2 is 2.04 bits per heavy atom. The highest BCUT2D eigenvalue weighted by Crippen LogP contribution is 2.20. The second kappa shape index (κ2) is 8.22. The highest BCUT2D eigenvalue weighted by atomic mass is 16.2. The lowest BCUT2D eigenvalue weighted by molar-refractivity contribution is -0.117. The number of nitrogens with one attached hydrogen (secondary N) is 3. The second-order valence-electron chi connectivity index (χ2n) is 6.86. The molecular weight excluding hydrogens is 344 g/mol. The summed E-state index contributed by atoms with van der Waals surface area (Å²) in [5.41, 5.74) is 2.86. The Hall–Kier alpha value is -2.87. The number of hydrogen-bond donors (Lipinski definition) is 3. The quantitative estimate of drug-likeness (QED) is 0.743. The number of nitrogens with zero attached hydrogens (tertiary/aromatic N) is 3. The van der Waals surface area contributed by atoms with E-state index in [0.717, 1.165) is 29.9 Å². The lowest BCUT2D eigenvalue weighted by Gasteiger charge is -2.17. The van der Waals surface area contributed by atoms with E-state index < -0.39 is 0 Å². The molecule has 8 heteroatoms. The SMILES string of the molecule is CNC(=O)NC1CCN(CC(=O)Nc2cc(C)nn2-c2ccccc2C)C1. The molecule has 3 N–H and O–H groups in total. The monoisotopic (exact) mass is 370 g/mol. The van der Waals surface area contributed by atoms with Crippen molar-refractivity contribution >= 4 is 17.8 Å². The van der Waals surface area contributed by atoms with Gasteiger partial charge < -0.3 is 16.0 Å². The van der Waals surface area contributed by atoms with Gasteiger partial charge in [0.2, 0.25) is 5.91 Å². The van der Waals surface area contributed by atoms with Crippen molar-refractivity contribution in [1.82, 2.24) is 25.3 Å². The van der Waals surface area contributed by atoms with E-state index in [9.17, 15) is 9.59 Å². The molecule has 1 aromatic carbocycles. The van der Waals surface area contributed by atoms with Gasteiger partial charge in [0.25, 0.3) is 0 Å². The van der Waals surface area contributed by atoms with Gasteiger partial charge in [-0.3, -0.25) is 9.69 Å². The summed E-state index contributed by atoms with van der Waals surface area (Å²) in [5.74, 6) is 0.566. The molecule has 1 unspecified atom stereocenters. The maximum absolute atomic E-state index is 12.5. The molecule has 2 heterocycles. The third-order valence-corrected chi connectivity index (χ3v) is 4.64. The lowest BCUT2D eigenvalue weighted by atomic mass is 10.2. The van der Waals surface area contributed by atoms with Crippen molar-refractivity contribution in [3.05, 3.63) is 41.6 Å². The fourth-order valence-corrected chi connectivity index (χ4v) is 3.31. The predicted octanol–water partition coefficient (Wildman–Crippen LogP) is 1.43. The van der Waals surface area contributed by atoms with Crippen molar-refractivity contribution in [2.75, 3.05) is 32.0 Å². The number of anilines is 1. The van der Waals surface area contributed by atoms with E-state index in [-0.39, 0.29) is 24.5 Å². The van der Waals surface area contributed by atoms with Gasteiger partial charge in [-0.2, -0.15) is 5.10 Å². The molecule has 0 radical (unpaired) electrons. The third-order valence-electron chi connectivity index (χ3n) is 4.64. The highest BCUT2D eigenvalue weighted by molar-refractivity contribution is 5.91. The van der Waals surface area contributed by atoms with E-state index in [4.69, 9.17) is 0 Å². The fraction of sp³-hybridized carbons (Fsp3) is 0.421. The molecule has 1 saturated heterocycles. The zero-order valence-corrected chi connectivity index (χ0v) is 16.0. The minimum atomic E-state index is -0.191. The van der Waals surface area contributed by atoms with E-state index in [0.29, 0.717) is 12.4 Å². The molecule has 3 amide bonds. The smallest absolute Gasteiger partial charge is 0.314 e. The first-order chi connectivity index (χ1) is 13.0. The number of urea groups is 1. The van der Waals surface area contributed by atoms with Crippen molar-refractivity contribution in [2.45, 2.75) is 26.3 Å². The molecular formula is C19H26N6O2. The molecule has 27 heavy (non-hydrogen) atoms. The predicted molar refractivity (Wildman–Crippen MR) is 104 cm³/mol. The fourth-order valence-electron chi connectivity index (χ4n) is 3.31. The summed E-state index contributed by atoms with van der Waals surface area (Å²) < 4.78 is 1.77. The Bertz CT molecular complexity index is 831. The van der Waals surface area contributed by atoms with Crippen LogP contribution in [-0.2, 0) is 4.79 Å². The number of hydrogen-bond acceptors (Lipinski definition) is 4. The second-order valence-corrected chi connectivity index (χ2v) is 6.86. The average Bonchev–Trinajstić information content (AvgIpc) is 3.21. The van der Waals surface area contributed by atoms with Crippen LogP contribution in [0.15, 0.2) is 30.3 Å². The highest BCUT2D eigenvalue weighted by Gasteiger charge is 2.25. The van der Waals surface area contributed by atoms with E-state index >= 15 is 0 Å². The number of aromatic nitrogens is 2. The van der Waals surface area contributed by atoms with Gasteiger partial charge in [-0.1, -0.05) is 18.2 Å². The molecule has 1 aliphatic rings. The molecule has 8 nitrogen and oxygen atoms in total. The maximum Gasteiger partial charge on any atom is 0.314 e. The maximum atomic E-state index is 12.5. The standard InChI is InChI=1S/C19H26N6O2/c1-13-6-4-5-7-16(13)25-17(10-14(2)23-25)22-18(26)12-24-9-8-15(11-24)21-19(27)20-3/h4-7,10,15H,8-9,11-12H2,1-3H3,(H,22,26)(H2,20,21,27). The molecule has 0 saturated carbocycles. The third kappa shape index (κ3) is 4.65. The van der Waals surface area contributed by atoms with Crippen LogP contribution in [0.1, 0.15) is 17.7 Å². The minimum absolute atomic E-state index is 0.0671. The number of carbonyl (C=O) groups is 2. The topological polar surface area (TPSA) is 91.3 Å². The molecule has 1 aromatic heterocycles. The van der Waals surface area contributed by atoms with Gasteiger partial charge in [0.05, 0.1) is 17.9 Å². The van der Waals surface area contributed by atoms with Gasteiger partial charge in [0.15, 0.2) is 0 Å². The summed E-state index contributed by atoms with van der Waals surface area (Å²) in [5, 5.41) is 12.9. The molecule has 2 aromatic rings. The number of likely N-dealkylation sites (tertiary alicyclic amines) is 1. The van der Waals surface area contributed by atoms with Crippen LogP contribution in [0.3, 0.4) is 0 Å². The van der Waals surface area contributed by atoms with Crippen molar-refractivity contribution < 1.29 is 9.59 Å². The first-order valence-electron chi connectivity index (χ1n) is 9.09. The first-order valence-corrected chi connectivity index (χ1v) is 9.09. The summed E-state index contributed by atoms with van der Waals surface area (Å²) in [4.78, 5) is 26.0. The van der Waals surface area contributed by atoms with Gasteiger partial charge in [-0.25, -0.2) is 9.48 Å². The van der Waals surface area contributed by atoms with Crippen LogP contribution in [0.25, 0.3) is 5.69 Å². The number of rotatable bonds is 5. The number of benzene rings is 1. The van der Waals surface area contributed by atoms with Gasteiger partial charge in [-0.05, 0) is 31.9 Å². The number of amides is 3. The van der Waals surface area contributed by atoms with Crippen molar-refractivity contribution in [3.8, 4) is 5.69 Å². The summed E-state index contributed by atoms with van der Waals surface area (Å²) >= 11 is 0. The van der Waals surface area contributed by atoms with Gasteiger partial charge in [-0.15, -0.1) is 0 Å². The van der Waals surface area contributed by atoms with Crippen LogP contribution in [0, 0.1) is 13.8 Å². The van der Waals surface area contributed by atoms with E-state index in [1.165, 1.54) is 0 Å². The summed E-state index contributed by atoms with van der Waals surface area (Å²) in [6.45, 7) is 5.64. The van der Waals surface area contributed by atoms with Crippen molar-refractivity contribution in [1.29, 1.82) is 0 Å². The van der Waals surface area contributed by atoms with E-state index in [2.05, 4.69) is 21.0 Å². The molecule has 0 spiro atoms. The van der Waals surface area contributed by atoms with Crippen molar-refractivity contribution in [2.24, 2.45) is 0 Å².